The Balaban J connectivity index is 0.975. The van der Waals surface area contributed by atoms with Crippen LogP contribution >= 0.6 is 0 Å². The number of fused-ring (bicyclic) bond motifs is 13. The van der Waals surface area contributed by atoms with Gasteiger partial charge in [0.1, 0.15) is 22.3 Å². The van der Waals surface area contributed by atoms with Gasteiger partial charge in [-0.1, -0.05) is 171 Å². The molecular weight excluding hydrogens is 869 g/mol. The van der Waals surface area contributed by atoms with Gasteiger partial charge < -0.3 is 23.1 Å². The van der Waals surface area contributed by atoms with Crippen molar-refractivity contribution in [1.82, 2.24) is 0 Å². The quantitative estimate of drug-likeness (QED) is 0.152. The molecule has 3 aromatic heterocycles. The lowest BCUT2D eigenvalue weighted by Crippen LogP contribution is -2.11. The van der Waals surface area contributed by atoms with Crippen LogP contribution in [0.15, 0.2) is 207 Å². The minimum absolute atomic E-state index is 0.525. The van der Waals surface area contributed by atoms with Crippen molar-refractivity contribution in [2.45, 2.75) is 63.2 Å². The van der Waals surface area contributed by atoms with Gasteiger partial charge in [-0.15, -0.1) is 0 Å². The summed E-state index contributed by atoms with van der Waals surface area (Å²) in [6.07, 6.45) is 9.93. The van der Waals surface area contributed by atoms with Gasteiger partial charge in [-0.2, -0.15) is 0 Å². The molecule has 342 valence electrons. The number of anilines is 6. The molecule has 2 aliphatic carbocycles. The van der Waals surface area contributed by atoms with Crippen molar-refractivity contribution in [1.29, 1.82) is 0 Å². The second kappa shape index (κ2) is 16.1. The highest BCUT2D eigenvalue weighted by molar-refractivity contribution is 6.30. The van der Waals surface area contributed by atoms with Crippen molar-refractivity contribution in [3.8, 4) is 0 Å². The Labute approximate surface area is 411 Å². The molecule has 2 fully saturated rings. The Morgan fingerprint density at radius 3 is 1.07 bits per heavy atom. The summed E-state index contributed by atoms with van der Waals surface area (Å²) in [7, 11) is 0. The van der Waals surface area contributed by atoms with Crippen LogP contribution in [0, 0.1) is 0 Å². The van der Waals surface area contributed by atoms with E-state index in [4.69, 9.17) is 13.3 Å². The minimum atomic E-state index is 0.525. The van der Waals surface area contributed by atoms with E-state index in [0.717, 1.165) is 111 Å². The van der Waals surface area contributed by atoms with E-state index < -0.39 is 0 Å². The van der Waals surface area contributed by atoms with Gasteiger partial charge in [0.2, 0.25) is 0 Å². The summed E-state index contributed by atoms with van der Waals surface area (Å²) in [5, 5.41) is 11.3. The Morgan fingerprint density at radius 2 is 0.648 bits per heavy atom. The molecule has 0 bridgehead atoms. The lowest BCUT2D eigenvalue weighted by atomic mass is 9.95. The Hall–Kier alpha value is -8.28. The molecule has 0 unspecified atom stereocenters. The molecule has 0 radical (unpaired) electrons. The standard InChI is InChI=1S/C66H50N2O3/c1-3-23-43(24-4-1)67(55-37-17-35-53-51-33-15-31-45(41-19-7-8-20-41)63(51)70-65(53)55)57-39-59-61(49-29-13-11-27-47(49)57)62-50-30-14-12-28-48(50)58(40-60(62)69-59)68(44-25-5-2-6-26-44)56-38-18-36-54-52-34-16-32-46(42-21-9-10-22-42)64(52)71-66(54)56/h1-6,11-18,23-42H,7-10,19-22H2. The van der Waals surface area contributed by atoms with Gasteiger partial charge in [-0.25, -0.2) is 0 Å². The molecule has 3 heterocycles. The summed E-state index contributed by atoms with van der Waals surface area (Å²) in [4.78, 5) is 4.75. The van der Waals surface area contributed by atoms with Crippen LogP contribution in [-0.4, -0.2) is 0 Å². The molecule has 0 spiro atoms. The van der Waals surface area contributed by atoms with Gasteiger partial charge >= 0.3 is 0 Å². The van der Waals surface area contributed by atoms with Gasteiger partial charge in [-0.3, -0.25) is 0 Å². The average molecular weight is 919 g/mol. The van der Waals surface area contributed by atoms with Gasteiger partial charge in [0.05, 0.1) is 22.7 Å². The number of furan rings is 3. The molecular formula is C66H50N2O3. The third kappa shape index (κ3) is 6.25. The fourth-order valence-corrected chi connectivity index (χ4v) is 12.9. The first-order valence-electron chi connectivity index (χ1n) is 25.6. The molecule has 0 saturated heterocycles. The fraction of sp³-hybridized carbons (Fsp3) is 0.152. The van der Waals surface area contributed by atoms with E-state index in [9.17, 15) is 0 Å². The van der Waals surface area contributed by atoms with Gasteiger partial charge in [0.25, 0.3) is 0 Å². The van der Waals surface area contributed by atoms with Crippen LogP contribution in [0.25, 0.3) is 87.4 Å². The summed E-state index contributed by atoms with van der Waals surface area (Å²) in [5.74, 6) is 1.05. The van der Waals surface area contributed by atoms with Crippen LogP contribution in [0.2, 0.25) is 0 Å². The van der Waals surface area contributed by atoms with Crippen molar-refractivity contribution in [3.05, 3.63) is 205 Å². The molecule has 0 aliphatic heterocycles. The van der Waals surface area contributed by atoms with E-state index in [2.05, 4.69) is 204 Å². The third-order valence-corrected chi connectivity index (χ3v) is 16.1. The molecule has 0 atom stereocenters. The van der Waals surface area contributed by atoms with Crippen molar-refractivity contribution >= 4 is 121 Å². The molecule has 10 aromatic carbocycles. The summed E-state index contributed by atoms with van der Waals surface area (Å²) in [6, 6.07) is 70.3. The predicted octanol–water partition coefficient (Wildman–Crippen LogP) is 19.9. The van der Waals surface area contributed by atoms with Crippen molar-refractivity contribution < 1.29 is 13.3 Å². The molecule has 2 aliphatic rings. The van der Waals surface area contributed by atoms with E-state index >= 15 is 0 Å². The zero-order valence-corrected chi connectivity index (χ0v) is 39.4. The summed E-state index contributed by atoms with van der Waals surface area (Å²) in [6.45, 7) is 0. The Morgan fingerprint density at radius 1 is 0.296 bits per heavy atom. The van der Waals surface area contributed by atoms with Gasteiger partial charge in [-0.05, 0) is 95.8 Å². The van der Waals surface area contributed by atoms with Gasteiger partial charge in [0, 0.05) is 66.6 Å². The lowest BCUT2D eigenvalue weighted by Gasteiger charge is -2.27. The topological polar surface area (TPSA) is 45.9 Å². The third-order valence-electron chi connectivity index (χ3n) is 16.1. The molecule has 0 N–H and O–H groups in total. The maximum Gasteiger partial charge on any atom is 0.159 e. The van der Waals surface area contributed by atoms with Crippen molar-refractivity contribution in [3.63, 3.8) is 0 Å². The highest BCUT2D eigenvalue weighted by atomic mass is 16.3. The second-order valence-corrected chi connectivity index (χ2v) is 20.0. The first kappa shape index (κ1) is 40.6. The Bertz CT molecular complexity index is 3940. The number of rotatable bonds is 8. The second-order valence-electron chi connectivity index (χ2n) is 20.0. The maximum atomic E-state index is 7.31. The van der Waals surface area contributed by atoms with Crippen molar-refractivity contribution in [2.75, 3.05) is 9.80 Å². The largest absolute Gasteiger partial charge is 0.456 e. The number of hydrogen-bond donors (Lipinski definition) is 0. The first-order valence-corrected chi connectivity index (χ1v) is 25.6. The van der Waals surface area contributed by atoms with Gasteiger partial charge in [0.15, 0.2) is 11.2 Å². The van der Waals surface area contributed by atoms with Crippen LogP contribution in [0.1, 0.15) is 74.3 Å². The number of para-hydroxylation sites is 6. The molecule has 71 heavy (non-hydrogen) atoms. The van der Waals surface area contributed by atoms with Crippen molar-refractivity contribution in [2.24, 2.45) is 0 Å². The van der Waals surface area contributed by atoms with Crippen LogP contribution < -0.4 is 9.80 Å². The highest BCUT2D eigenvalue weighted by Gasteiger charge is 2.29. The molecule has 13 aromatic rings. The molecule has 5 nitrogen and oxygen atoms in total. The zero-order valence-electron chi connectivity index (χ0n) is 39.4. The smallest absolute Gasteiger partial charge is 0.159 e. The van der Waals surface area contributed by atoms with Crippen LogP contribution in [0.4, 0.5) is 34.1 Å². The molecule has 5 heteroatoms. The monoisotopic (exact) mass is 918 g/mol. The normalized spacial score (nSPS) is 14.8. The van der Waals surface area contributed by atoms with E-state index in [1.165, 1.54) is 73.3 Å². The van der Waals surface area contributed by atoms with E-state index in [-0.39, 0.29) is 0 Å². The molecule has 15 rings (SSSR count). The lowest BCUT2D eigenvalue weighted by molar-refractivity contribution is 0.643. The summed E-state index contributed by atoms with van der Waals surface area (Å²) >= 11 is 0. The SMILES string of the molecule is c1ccc(N(c2cc3oc4cc(N(c5ccccc5)c5cccc6c5oc5c(C7CCCC7)cccc56)c5ccccc5c4c3c3ccccc23)c2cccc3c2oc2c(C4CCCC4)cccc23)cc1. The summed E-state index contributed by atoms with van der Waals surface area (Å²) < 4.78 is 21.6. The Kier molecular flexibility index (Phi) is 9.23. The first-order chi connectivity index (χ1) is 35.2. The fourth-order valence-electron chi connectivity index (χ4n) is 12.9. The van der Waals surface area contributed by atoms with E-state index in [1.54, 1.807) is 0 Å². The van der Waals surface area contributed by atoms with E-state index in [0.29, 0.717) is 11.8 Å². The maximum absolute atomic E-state index is 7.31. The minimum Gasteiger partial charge on any atom is -0.456 e. The average Bonchev–Trinajstić information content (AvgIpc) is 4.30. The van der Waals surface area contributed by atoms with Crippen LogP contribution in [0.3, 0.4) is 0 Å². The number of benzene rings is 10. The number of nitrogens with zero attached hydrogens (tertiary/aromatic N) is 2. The number of hydrogen-bond acceptors (Lipinski definition) is 5. The molecule has 2 saturated carbocycles. The summed E-state index contributed by atoms with van der Waals surface area (Å²) in [5.41, 5.74) is 14.2. The molecule has 0 amide bonds. The van der Waals surface area contributed by atoms with Crippen LogP contribution in [0.5, 0.6) is 0 Å². The zero-order chi connectivity index (χ0) is 46.6. The van der Waals surface area contributed by atoms with E-state index in [1.807, 2.05) is 0 Å². The predicted molar refractivity (Wildman–Crippen MR) is 295 cm³/mol. The van der Waals surface area contributed by atoms with Crippen LogP contribution in [-0.2, 0) is 0 Å². The highest BCUT2D eigenvalue weighted by Crippen LogP contribution is 2.52.